The first-order valence-corrected chi connectivity index (χ1v) is 7.35. The molecule has 3 aromatic rings. The molecule has 108 valence electrons. The maximum Gasteiger partial charge on any atom is 0.128 e. The molecule has 0 spiro atoms. The van der Waals surface area contributed by atoms with E-state index < -0.39 is 0 Å². The molecule has 22 heavy (non-hydrogen) atoms. The molecule has 0 saturated carbocycles. The van der Waals surface area contributed by atoms with E-state index in [-0.39, 0.29) is 0 Å². The molecule has 0 unspecified atom stereocenters. The number of benzene rings is 3. The van der Waals surface area contributed by atoms with Gasteiger partial charge in [0.05, 0.1) is 0 Å². The van der Waals surface area contributed by atoms with Crippen molar-refractivity contribution in [3.63, 3.8) is 0 Å². The molecule has 0 heterocycles. The van der Waals surface area contributed by atoms with Gasteiger partial charge >= 0.3 is 0 Å². The lowest BCUT2D eigenvalue weighted by Gasteiger charge is -2.06. The van der Waals surface area contributed by atoms with Gasteiger partial charge in [0.15, 0.2) is 0 Å². The Morgan fingerprint density at radius 2 is 1.55 bits per heavy atom. The van der Waals surface area contributed by atoms with Crippen LogP contribution < -0.4 is 15.2 Å². The summed E-state index contributed by atoms with van der Waals surface area (Å²) in [5, 5.41) is 4.65. The number of hydrogen-bond acceptors (Lipinski definition) is 1. The average molecular weight is 286 g/mol. The van der Waals surface area contributed by atoms with Gasteiger partial charge in [-0.1, -0.05) is 67.3 Å². The van der Waals surface area contributed by atoms with Gasteiger partial charge in [-0.2, -0.15) is 0 Å². The Labute approximate surface area is 130 Å². The van der Waals surface area contributed by atoms with Crippen LogP contribution in [0.1, 0.15) is 6.92 Å². The summed E-state index contributed by atoms with van der Waals surface area (Å²) >= 11 is 0. The Morgan fingerprint density at radius 1 is 0.864 bits per heavy atom. The maximum absolute atomic E-state index is 5.86. The number of fused-ring (bicyclic) bond motifs is 1. The number of rotatable bonds is 3. The van der Waals surface area contributed by atoms with Gasteiger partial charge in [-0.25, -0.2) is 0 Å². The highest BCUT2D eigenvalue weighted by molar-refractivity contribution is 5.83. The van der Waals surface area contributed by atoms with Gasteiger partial charge < -0.3 is 4.74 Å². The topological polar surface area (TPSA) is 9.23 Å². The van der Waals surface area contributed by atoms with Crippen molar-refractivity contribution in [1.29, 1.82) is 0 Å². The van der Waals surface area contributed by atoms with Crippen LogP contribution in [0.4, 0.5) is 0 Å². The molecule has 0 aliphatic carbocycles. The van der Waals surface area contributed by atoms with Gasteiger partial charge in [0.2, 0.25) is 0 Å². The Morgan fingerprint density at radius 3 is 2.32 bits per heavy atom. The highest BCUT2D eigenvalue weighted by Crippen LogP contribution is 2.21. The van der Waals surface area contributed by atoms with Crippen molar-refractivity contribution >= 4 is 22.9 Å². The molecule has 1 heteroatoms. The second-order valence-electron chi connectivity index (χ2n) is 5.14. The van der Waals surface area contributed by atoms with E-state index in [4.69, 9.17) is 4.74 Å². The SMILES string of the molecule is C=C(/C=c1/cccc/c1=C/C)Oc1ccc2ccccc2c1. The zero-order chi connectivity index (χ0) is 15.4. The number of ether oxygens (including phenoxy) is 1. The molecule has 0 aliphatic heterocycles. The van der Waals surface area contributed by atoms with Gasteiger partial charge in [-0.05, 0) is 46.3 Å². The van der Waals surface area contributed by atoms with Crippen molar-refractivity contribution in [1.82, 2.24) is 0 Å². The van der Waals surface area contributed by atoms with Crippen molar-refractivity contribution in [3.05, 3.63) is 89.5 Å². The van der Waals surface area contributed by atoms with Crippen molar-refractivity contribution in [3.8, 4) is 5.75 Å². The molecule has 0 bridgehead atoms. The standard InChI is InChI=1S/C21H18O/c1-3-17-8-4-6-10-19(17)14-16(2)22-21-13-12-18-9-5-7-11-20(18)15-21/h3-15H,2H2,1H3/b17-3-,19-14-. The Hall–Kier alpha value is -2.80. The van der Waals surface area contributed by atoms with Crippen molar-refractivity contribution in [2.24, 2.45) is 0 Å². The van der Waals surface area contributed by atoms with E-state index in [2.05, 4.69) is 43.0 Å². The highest BCUT2D eigenvalue weighted by atomic mass is 16.5. The van der Waals surface area contributed by atoms with Crippen LogP contribution in [0.2, 0.25) is 0 Å². The summed E-state index contributed by atoms with van der Waals surface area (Å²) in [5.74, 6) is 1.43. The van der Waals surface area contributed by atoms with Crippen molar-refractivity contribution in [2.45, 2.75) is 6.92 Å². The number of allylic oxidation sites excluding steroid dienone is 1. The van der Waals surface area contributed by atoms with E-state index in [1.807, 2.05) is 49.4 Å². The van der Waals surface area contributed by atoms with Gasteiger partial charge in [0.1, 0.15) is 11.5 Å². The van der Waals surface area contributed by atoms with Gasteiger partial charge in [0, 0.05) is 0 Å². The van der Waals surface area contributed by atoms with Crippen LogP contribution in [0.25, 0.3) is 22.9 Å². The van der Waals surface area contributed by atoms with E-state index in [0.29, 0.717) is 5.76 Å². The van der Waals surface area contributed by atoms with Crippen LogP contribution in [0.5, 0.6) is 5.75 Å². The normalized spacial score (nSPS) is 12.6. The smallest absolute Gasteiger partial charge is 0.128 e. The number of hydrogen-bond donors (Lipinski definition) is 0. The molecule has 1 nitrogen and oxygen atoms in total. The molecule has 3 rings (SSSR count). The molecule has 0 radical (unpaired) electrons. The summed E-state index contributed by atoms with van der Waals surface area (Å²) in [6, 6.07) is 22.5. The predicted octanol–water partition coefficient (Wildman–Crippen LogP) is 4.01. The van der Waals surface area contributed by atoms with Crippen LogP contribution in [-0.4, -0.2) is 0 Å². The van der Waals surface area contributed by atoms with E-state index in [1.165, 1.54) is 10.6 Å². The highest BCUT2D eigenvalue weighted by Gasteiger charge is 1.98. The summed E-state index contributed by atoms with van der Waals surface area (Å²) in [5.41, 5.74) is 0. The quantitative estimate of drug-likeness (QED) is 0.661. The molecule has 0 aliphatic rings. The molecular weight excluding hydrogens is 268 g/mol. The summed E-state index contributed by atoms with van der Waals surface area (Å²) in [6.07, 6.45) is 4.04. The third kappa shape index (κ3) is 3.09. The molecule has 0 saturated heterocycles. The lowest BCUT2D eigenvalue weighted by atomic mass is 10.1. The van der Waals surface area contributed by atoms with E-state index in [1.54, 1.807) is 0 Å². The monoisotopic (exact) mass is 286 g/mol. The summed E-state index contributed by atoms with van der Waals surface area (Å²) in [4.78, 5) is 0. The van der Waals surface area contributed by atoms with Gasteiger partial charge in [-0.3, -0.25) is 0 Å². The fourth-order valence-electron chi connectivity index (χ4n) is 2.49. The minimum atomic E-state index is 0.629. The van der Waals surface area contributed by atoms with Crippen LogP contribution in [-0.2, 0) is 0 Å². The van der Waals surface area contributed by atoms with Crippen molar-refractivity contribution < 1.29 is 4.74 Å². The molecule has 0 aromatic heterocycles. The van der Waals surface area contributed by atoms with Crippen molar-refractivity contribution in [2.75, 3.05) is 0 Å². The minimum Gasteiger partial charge on any atom is -0.458 e. The largest absolute Gasteiger partial charge is 0.458 e. The van der Waals surface area contributed by atoms with Crippen LogP contribution in [0.3, 0.4) is 0 Å². The molecule has 0 fully saturated rings. The zero-order valence-corrected chi connectivity index (χ0v) is 12.6. The first kappa shape index (κ1) is 14.2. The lowest BCUT2D eigenvalue weighted by molar-refractivity contribution is 0.456. The molecule has 0 amide bonds. The van der Waals surface area contributed by atoms with Crippen LogP contribution >= 0.6 is 0 Å². The molecule has 0 N–H and O–H groups in total. The third-order valence-electron chi connectivity index (χ3n) is 3.59. The zero-order valence-electron chi connectivity index (χ0n) is 12.6. The fourth-order valence-corrected chi connectivity index (χ4v) is 2.49. The van der Waals surface area contributed by atoms with Crippen LogP contribution in [0, 0.1) is 0 Å². The minimum absolute atomic E-state index is 0.629. The molecule has 3 aromatic carbocycles. The third-order valence-corrected chi connectivity index (χ3v) is 3.59. The van der Waals surface area contributed by atoms with E-state index in [9.17, 15) is 0 Å². The molecule has 0 atom stereocenters. The summed E-state index contributed by atoms with van der Waals surface area (Å²) in [6.45, 7) is 6.04. The second kappa shape index (κ2) is 6.31. The van der Waals surface area contributed by atoms with E-state index in [0.717, 1.165) is 16.4 Å². The lowest BCUT2D eigenvalue weighted by Crippen LogP contribution is -2.23. The Balaban J connectivity index is 1.90. The van der Waals surface area contributed by atoms with Gasteiger partial charge in [-0.15, -0.1) is 0 Å². The molecular formula is C21H18O. The van der Waals surface area contributed by atoms with E-state index >= 15 is 0 Å². The Kier molecular flexibility index (Phi) is 4.06. The van der Waals surface area contributed by atoms with Crippen LogP contribution in [0.15, 0.2) is 79.1 Å². The second-order valence-corrected chi connectivity index (χ2v) is 5.14. The summed E-state index contributed by atoms with van der Waals surface area (Å²) in [7, 11) is 0. The van der Waals surface area contributed by atoms with Gasteiger partial charge in [0.25, 0.3) is 0 Å². The average Bonchev–Trinajstić information content (AvgIpc) is 2.55. The first-order valence-electron chi connectivity index (χ1n) is 7.35. The maximum atomic E-state index is 5.86. The first-order chi connectivity index (χ1) is 10.8. The fraction of sp³-hybridized carbons (Fsp3) is 0.0476. The summed E-state index contributed by atoms with van der Waals surface area (Å²) < 4.78 is 5.86. The Bertz CT molecular complexity index is 935. The predicted molar refractivity (Wildman–Crippen MR) is 94.0 cm³/mol.